The summed E-state index contributed by atoms with van der Waals surface area (Å²) in [5.74, 6) is 0. The van der Waals surface area contributed by atoms with Crippen LogP contribution in [0.25, 0.3) is 89.4 Å². The Bertz CT molecular complexity index is 2700. The van der Waals surface area contributed by atoms with Crippen molar-refractivity contribution in [2.75, 3.05) is 0 Å². The van der Waals surface area contributed by atoms with Gasteiger partial charge >= 0.3 is 0 Å². The second kappa shape index (κ2) is 7.94. The molecule has 0 aliphatic heterocycles. The third-order valence-electron chi connectivity index (χ3n) is 8.77. The fourth-order valence-electron chi connectivity index (χ4n) is 7.12. The molecule has 0 atom stereocenters. The van der Waals surface area contributed by atoms with Crippen LogP contribution in [-0.4, -0.2) is 4.57 Å². The third kappa shape index (κ3) is 2.80. The van der Waals surface area contributed by atoms with Crippen LogP contribution in [0.5, 0.6) is 0 Å². The first-order chi connectivity index (χ1) is 20.4. The van der Waals surface area contributed by atoms with E-state index in [0.717, 1.165) is 0 Å². The molecule has 0 bridgehead atoms. The van der Waals surface area contributed by atoms with Crippen LogP contribution in [-0.2, 0) is 0 Å². The molecule has 41 heavy (non-hydrogen) atoms. The maximum atomic E-state index is 2.51. The Balaban J connectivity index is 1.45. The van der Waals surface area contributed by atoms with Gasteiger partial charge in [0, 0.05) is 57.2 Å². The molecule has 7 aromatic carbocycles. The van der Waals surface area contributed by atoms with Crippen LogP contribution in [0, 0.1) is 0 Å². The predicted molar refractivity (Wildman–Crippen MR) is 182 cm³/mol. The average Bonchev–Trinajstić information content (AvgIpc) is 3.71. The van der Waals surface area contributed by atoms with E-state index in [1.807, 2.05) is 22.7 Å². The van der Waals surface area contributed by atoms with Gasteiger partial charge in [0.2, 0.25) is 0 Å². The number of aromatic nitrogens is 1. The van der Waals surface area contributed by atoms with E-state index in [-0.39, 0.29) is 0 Å². The highest BCUT2D eigenvalue weighted by Gasteiger charge is 2.21. The van der Waals surface area contributed by atoms with Gasteiger partial charge < -0.3 is 4.57 Å². The summed E-state index contributed by atoms with van der Waals surface area (Å²) in [7, 11) is 0. The Morgan fingerprint density at radius 1 is 0.341 bits per heavy atom. The van der Waals surface area contributed by atoms with Crippen LogP contribution in [0.3, 0.4) is 0 Å². The molecule has 0 aliphatic rings. The van der Waals surface area contributed by atoms with Gasteiger partial charge in [-0.3, -0.25) is 0 Å². The quantitative estimate of drug-likeness (QED) is 0.178. The Labute approximate surface area is 243 Å². The van der Waals surface area contributed by atoms with Crippen molar-refractivity contribution in [1.29, 1.82) is 0 Å². The molecule has 0 N–H and O–H groups in total. The van der Waals surface area contributed by atoms with Crippen molar-refractivity contribution in [3.8, 4) is 5.69 Å². The summed E-state index contributed by atoms with van der Waals surface area (Å²) in [5.41, 5.74) is 3.76. The third-order valence-corrected chi connectivity index (χ3v) is 11.2. The molecule has 0 unspecified atom stereocenters. The maximum Gasteiger partial charge on any atom is 0.0640 e. The summed E-state index contributed by atoms with van der Waals surface area (Å²) in [6.07, 6.45) is 0. The molecule has 0 spiro atoms. The molecule has 3 heterocycles. The van der Waals surface area contributed by atoms with Gasteiger partial charge in [-0.15, -0.1) is 22.7 Å². The summed E-state index contributed by atoms with van der Waals surface area (Å²) < 4.78 is 7.90. The lowest BCUT2D eigenvalue weighted by Crippen LogP contribution is -1.94. The molecule has 3 heteroatoms. The first-order valence-electron chi connectivity index (χ1n) is 14.0. The minimum Gasteiger partial charge on any atom is -0.308 e. The van der Waals surface area contributed by atoms with Crippen molar-refractivity contribution >= 4 is 106 Å². The van der Waals surface area contributed by atoms with Crippen molar-refractivity contribution in [3.63, 3.8) is 0 Å². The largest absolute Gasteiger partial charge is 0.308 e. The van der Waals surface area contributed by atoms with Crippen molar-refractivity contribution in [3.05, 3.63) is 127 Å². The van der Waals surface area contributed by atoms with Gasteiger partial charge in [-0.2, -0.15) is 0 Å². The Kier molecular flexibility index (Phi) is 4.27. The highest BCUT2D eigenvalue weighted by molar-refractivity contribution is 7.27. The lowest BCUT2D eigenvalue weighted by Gasteiger charge is -2.11. The zero-order chi connectivity index (χ0) is 26.7. The van der Waals surface area contributed by atoms with E-state index in [4.69, 9.17) is 0 Å². The number of para-hydroxylation sites is 1. The van der Waals surface area contributed by atoms with Gasteiger partial charge in [0.15, 0.2) is 0 Å². The number of hydrogen-bond donors (Lipinski definition) is 0. The van der Waals surface area contributed by atoms with Crippen LogP contribution < -0.4 is 0 Å². The van der Waals surface area contributed by atoms with Crippen molar-refractivity contribution in [2.45, 2.75) is 0 Å². The number of thiophene rings is 2. The molecular formula is C38H21NS2. The Morgan fingerprint density at radius 3 is 1.78 bits per heavy atom. The molecule has 0 amide bonds. The normalized spacial score (nSPS) is 12.4. The average molecular weight is 556 g/mol. The summed E-state index contributed by atoms with van der Waals surface area (Å²) in [4.78, 5) is 0. The van der Waals surface area contributed by atoms with Crippen LogP contribution >= 0.6 is 22.7 Å². The first-order valence-corrected chi connectivity index (χ1v) is 15.6. The van der Waals surface area contributed by atoms with Crippen LogP contribution in [0.15, 0.2) is 127 Å². The van der Waals surface area contributed by atoms with E-state index in [1.54, 1.807) is 0 Å². The Morgan fingerprint density at radius 2 is 0.951 bits per heavy atom. The van der Waals surface area contributed by atoms with E-state index in [1.165, 1.54) is 89.4 Å². The fraction of sp³-hybridized carbons (Fsp3) is 0. The van der Waals surface area contributed by atoms with Gasteiger partial charge in [0.25, 0.3) is 0 Å². The second-order valence-corrected chi connectivity index (χ2v) is 12.9. The minimum absolute atomic E-state index is 1.25. The number of benzene rings is 7. The van der Waals surface area contributed by atoms with Crippen LogP contribution in [0.4, 0.5) is 0 Å². The topological polar surface area (TPSA) is 4.93 Å². The van der Waals surface area contributed by atoms with Gasteiger partial charge in [-0.1, -0.05) is 97.1 Å². The van der Waals surface area contributed by atoms with E-state index in [2.05, 4.69) is 132 Å². The zero-order valence-electron chi connectivity index (χ0n) is 21.9. The fourth-order valence-corrected chi connectivity index (χ4v) is 9.57. The molecule has 0 aliphatic carbocycles. The summed E-state index contributed by atoms with van der Waals surface area (Å²) in [6, 6.07) is 47.1. The molecule has 190 valence electrons. The molecule has 0 saturated heterocycles. The lowest BCUT2D eigenvalue weighted by atomic mass is 9.94. The molecule has 0 saturated carbocycles. The SMILES string of the molecule is c1ccc2c(c1)sc1c(-n3c4ccccc4c4c5c6ccccc6c6c7ccccc7sc6c5ccc43)cccc12. The van der Waals surface area contributed by atoms with Gasteiger partial charge in [-0.05, 0) is 41.1 Å². The van der Waals surface area contributed by atoms with Crippen molar-refractivity contribution in [1.82, 2.24) is 4.57 Å². The summed E-state index contributed by atoms with van der Waals surface area (Å²) in [5, 5.41) is 13.4. The summed E-state index contributed by atoms with van der Waals surface area (Å²) in [6.45, 7) is 0. The zero-order valence-corrected chi connectivity index (χ0v) is 23.5. The summed E-state index contributed by atoms with van der Waals surface area (Å²) >= 11 is 3.82. The monoisotopic (exact) mass is 555 g/mol. The van der Waals surface area contributed by atoms with Crippen molar-refractivity contribution < 1.29 is 0 Å². The molecule has 10 aromatic rings. The minimum atomic E-state index is 1.25. The van der Waals surface area contributed by atoms with E-state index < -0.39 is 0 Å². The molecule has 0 radical (unpaired) electrons. The number of hydrogen-bond acceptors (Lipinski definition) is 2. The van der Waals surface area contributed by atoms with Gasteiger partial charge in [0.1, 0.15) is 0 Å². The predicted octanol–water partition coefficient (Wildman–Crippen LogP) is 11.8. The highest BCUT2D eigenvalue weighted by Crippen LogP contribution is 2.48. The first kappa shape index (κ1) is 22.0. The highest BCUT2D eigenvalue weighted by atomic mass is 32.1. The van der Waals surface area contributed by atoms with E-state index in [0.29, 0.717) is 0 Å². The van der Waals surface area contributed by atoms with Gasteiger partial charge in [-0.25, -0.2) is 0 Å². The maximum absolute atomic E-state index is 2.51. The van der Waals surface area contributed by atoms with E-state index >= 15 is 0 Å². The molecule has 10 rings (SSSR count). The van der Waals surface area contributed by atoms with Crippen LogP contribution in [0.1, 0.15) is 0 Å². The molecular weight excluding hydrogens is 535 g/mol. The standard InChI is InChI=1S/C38H21NS2/c1-2-12-24-23(11-1)34-28(38-35(24)27-14-5-8-19-33(27)41-38)20-21-30-36(34)26-13-3-6-16-29(26)39(30)31-17-9-15-25-22-10-4-7-18-32(22)40-37(25)31/h1-21H. The second-order valence-electron chi connectivity index (χ2n) is 10.8. The van der Waals surface area contributed by atoms with E-state index in [9.17, 15) is 0 Å². The number of rotatable bonds is 1. The Hall–Kier alpha value is -4.70. The van der Waals surface area contributed by atoms with Crippen molar-refractivity contribution in [2.24, 2.45) is 0 Å². The van der Waals surface area contributed by atoms with Gasteiger partial charge in [0.05, 0.1) is 21.4 Å². The number of fused-ring (bicyclic) bond motifs is 15. The molecule has 3 aromatic heterocycles. The van der Waals surface area contributed by atoms with Crippen LogP contribution in [0.2, 0.25) is 0 Å². The lowest BCUT2D eigenvalue weighted by molar-refractivity contribution is 1.20. The smallest absolute Gasteiger partial charge is 0.0640 e. The molecule has 1 nitrogen and oxygen atoms in total. The molecule has 0 fully saturated rings. The number of nitrogens with zero attached hydrogens (tertiary/aromatic N) is 1.